The van der Waals surface area contributed by atoms with Gasteiger partial charge in [0.15, 0.2) is 0 Å². The van der Waals surface area contributed by atoms with Crippen molar-refractivity contribution in [2.24, 2.45) is 0 Å². The Hall–Kier alpha value is -1.42. The first-order chi connectivity index (χ1) is 7.66. The van der Waals surface area contributed by atoms with E-state index < -0.39 is 5.82 Å². The highest BCUT2D eigenvalue weighted by Crippen LogP contribution is 2.16. The lowest BCUT2D eigenvalue weighted by atomic mass is 10.1. The zero-order chi connectivity index (χ0) is 11.5. The summed E-state index contributed by atoms with van der Waals surface area (Å²) in [5, 5.41) is 2.57. The molecular weight excluding hydrogens is 207 g/mol. The van der Waals surface area contributed by atoms with Crippen molar-refractivity contribution in [3.8, 4) is 0 Å². The maximum absolute atomic E-state index is 13.2. The van der Waals surface area contributed by atoms with Gasteiger partial charge in [-0.3, -0.25) is 9.69 Å². The number of amides is 1. The molecule has 1 amide bonds. The van der Waals surface area contributed by atoms with Crippen molar-refractivity contribution in [1.82, 2.24) is 4.90 Å². The molecule has 1 aliphatic rings. The first-order valence-electron chi connectivity index (χ1n) is 5.45. The summed E-state index contributed by atoms with van der Waals surface area (Å²) in [5.41, 5.74) is 0.251. The van der Waals surface area contributed by atoms with Gasteiger partial charge in [-0.2, -0.15) is 0 Å². The summed E-state index contributed by atoms with van der Waals surface area (Å²) in [5.74, 6) is -0.552. The summed E-state index contributed by atoms with van der Waals surface area (Å²) in [6.45, 7) is 3.38. The molecule has 0 aromatic heterocycles. The second-order valence-electron chi connectivity index (χ2n) is 4.14. The van der Waals surface area contributed by atoms with Crippen LogP contribution in [0.5, 0.6) is 0 Å². The molecule has 86 valence electrons. The number of halogens is 1. The molecule has 16 heavy (non-hydrogen) atoms. The smallest absolute Gasteiger partial charge is 0.238 e. The van der Waals surface area contributed by atoms with Crippen molar-refractivity contribution in [1.29, 1.82) is 0 Å². The topological polar surface area (TPSA) is 32.3 Å². The molecule has 1 saturated heterocycles. The third kappa shape index (κ3) is 2.39. The van der Waals surface area contributed by atoms with Crippen LogP contribution >= 0.6 is 0 Å². The number of hydrogen-bond acceptors (Lipinski definition) is 2. The molecule has 1 atom stereocenters. The molecule has 1 heterocycles. The van der Waals surface area contributed by atoms with Gasteiger partial charge in [0.05, 0.1) is 12.2 Å². The van der Waals surface area contributed by atoms with Crippen LogP contribution in [0.4, 0.5) is 10.1 Å². The Bertz CT molecular complexity index is 394. The van der Waals surface area contributed by atoms with Crippen molar-refractivity contribution in [3.63, 3.8) is 0 Å². The number of rotatable bonds is 3. The Balaban J connectivity index is 1.90. The van der Waals surface area contributed by atoms with E-state index in [2.05, 4.69) is 17.1 Å². The van der Waals surface area contributed by atoms with Crippen LogP contribution in [-0.2, 0) is 4.79 Å². The summed E-state index contributed by atoms with van der Waals surface area (Å²) in [6, 6.07) is 6.66. The first-order valence-corrected chi connectivity index (χ1v) is 5.45. The quantitative estimate of drug-likeness (QED) is 0.846. The van der Waals surface area contributed by atoms with Gasteiger partial charge in [-0.1, -0.05) is 12.1 Å². The molecule has 2 rings (SSSR count). The largest absolute Gasteiger partial charge is 0.322 e. The molecule has 1 unspecified atom stereocenters. The Kier molecular flexibility index (Phi) is 3.19. The summed E-state index contributed by atoms with van der Waals surface area (Å²) in [6.07, 6.45) is 1.13. The van der Waals surface area contributed by atoms with Crippen molar-refractivity contribution < 1.29 is 9.18 Å². The van der Waals surface area contributed by atoms with E-state index in [1.165, 1.54) is 6.07 Å². The van der Waals surface area contributed by atoms with Gasteiger partial charge in [0.1, 0.15) is 5.82 Å². The van der Waals surface area contributed by atoms with Gasteiger partial charge in [-0.15, -0.1) is 0 Å². The summed E-state index contributed by atoms with van der Waals surface area (Å²) in [7, 11) is 0. The van der Waals surface area contributed by atoms with Crippen molar-refractivity contribution in [2.45, 2.75) is 19.4 Å². The van der Waals surface area contributed by atoms with E-state index in [9.17, 15) is 9.18 Å². The lowest BCUT2D eigenvalue weighted by molar-refractivity contribution is -0.119. The van der Waals surface area contributed by atoms with E-state index in [1.807, 2.05) is 0 Å². The summed E-state index contributed by atoms with van der Waals surface area (Å²) in [4.78, 5) is 13.7. The van der Waals surface area contributed by atoms with Gasteiger partial charge < -0.3 is 5.32 Å². The number of anilines is 1. The third-order valence-corrected chi connectivity index (χ3v) is 2.95. The number of likely N-dealkylation sites (tertiary alicyclic amines) is 1. The first kappa shape index (κ1) is 11.1. The van der Waals surface area contributed by atoms with E-state index in [1.54, 1.807) is 18.2 Å². The highest BCUT2D eigenvalue weighted by molar-refractivity contribution is 5.92. The molecule has 4 heteroatoms. The lowest BCUT2D eigenvalue weighted by Crippen LogP contribution is -2.49. The summed E-state index contributed by atoms with van der Waals surface area (Å²) >= 11 is 0. The highest BCUT2D eigenvalue weighted by atomic mass is 19.1. The Morgan fingerprint density at radius 2 is 2.31 bits per heavy atom. The number of hydrogen-bond donors (Lipinski definition) is 1. The maximum atomic E-state index is 13.2. The molecule has 0 bridgehead atoms. The second-order valence-corrected chi connectivity index (χ2v) is 4.14. The van der Waals surface area contributed by atoms with Crippen molar-refractivity contribution in [3.05, 3.63) is 30.1 Å². The number of para-hydroxylation sites is 1. The van der Waals surface area contributed by atoms with Gasteiger partial charge in [-0.25, -0.2) is 4.39 Å². The number of carbonyl (C=O) groups excluding carboxylic acids is 1. The lowest BCUT2D eigenvalue weighted by Gasteiger charge is -2.37. The van der Waals surface area contributed by atoms with E-state index >= 15 is 0 Å². The highest BCUT2D eigenvalue weighted by Gasteiger charge is 2.25. The Labute approximate surface area is 94.3 Å². The average Bonchev–Trinajstić information content (AvgIpc) is 2.27. The van der Waals surface area contributed by atoms with Crippen LogP contribution < -0.4 is 5.32 Å². The fourth-order valence-electron chi connectivity index (χ4n) is 1.74. The van der Waals surface area contributed by atoms with E-state index in [-0.39, 0.29) is 11.6 Å². The fraction of sp³-hybridized carbons (Fsp3) is 0.417. The normalized spacial score (nSPS) is 20.2. The minimum absolute atomic E-state index is 0.156. The predicted molar refractivity (Wildman–Crippen MR) is 60.7 cm³/mol. The van der Waals surface area contributed by atoms with Crippen LogP contribution in [0.25, 0.3) is 0 Å². The molecule has 0 aliphatic carbocycles. The molecule has 0 radical (unpaired) electrons. The van der Waals surface area contributed by atoms with E-state index in [4.69, 9.17) is 0 Å². The minimum Gasteiger partial charge on any atom is -0.322 e. The number of nitrogens with zero attached hydrogens (tertiary/aromatic N) is 1. The number of benzene rings is 1. The molecule has 1 aromatic carbocycles. The molecule has 1 N–H and O–H groups in total. The number of carbonyl (C=O) groups is 1. The molecule has 0 spiro atoms. The van der Waals surface area contributed by atoms with Crippen LogP contribution in [0.2, 0.25) is 0 Å². The van der Waals surface area contributed by atoms with Crippen LogP contribution in [0.3, 0.4) is 0 Å². The average molecular weight is 222 g/mol. The van der Waals surface area contributed by atoms with Gasteiger partial charge in [0, 0.05) is 12.6 Å². The monoisotopic (exact) mass is 222 g/mol. The molecule has 1 fully saturated rings. The van der Waals surface area contributed by atoms with Crippen molar-refractivity contribution >= 4 is 11.6 Å². The predicted octanol–water partition coefficient (Wildman–Crippen LogP) is 1.86. The molecule has 1 aliphatic heterocycles. The standard InChI is InChI=1S/C12H15FN2O/c1-9-6-7-15(9)8-12(16)14-11-5-3-2-4-10(11)13/h2-5,9H,6-8H2,1H3,(H,14,16). The zero-order valence-corrected chi connectivity index (χ0v) is 9.24. The van der Waals surface area contributed by atoms with Gasteiger partial charge in [0.2, 0.25) is 5.91 Å². The zero-order valence-electron chi connectivity index (χ0n) is 9.24. The Morgan fingerprint density at radius 1 is 1.56 bits per heavy atom. The van der Waals surface area contributed by atoms with Crippen LogP contribution in [0, 0.1) is 5.82 Å². The van der Waals surface area contributed by atoms with Crippen molar-refractivity contribution in [2.75, 3.05) is 18.4 Å². The third-order valence-electron chi connectivity index (χ3n) is 2.95. The van der Waals surface area contributed by atoms with Gasteiger partial charge in [-0.05, 0) is 25.5 Å². The minimum atomic E-state index is -0.396. The molecule has 3 nitrogen and oxygen atoms in total. The summed E-state index contributed by atoms with van der Waals surface area (Å²) < 4.78 is 13.2. The van der Waals surface area contributed by atoms with Crippen LogP contribution in [-0.4, -0.2) is 29.9 Å². The SMILES string of the molecule is CC1CCN1CC(=O)Nc1ccccc1F. The molecule has 0 saturated carbocycles. The molecular formula is C12H15FN2O. The number of nitrogens with one attached hydrogen (secondary N) is 1. The van der Waals surface area contributed by atoms with E-state index in [0.29, 0.717) is 12.6 Å². The fourth-order valence-corrected chi connectivity index (χ4v) is 1.74. The second kappa shape index (κ2) is 4.61. The molecule has 1 aromatic rings. The van der Waals surface area contributed by atoms with Crippen LogP contribution in [0.15, 0.2) is 24.3 Å². The Morgan fingerprint density at radius 3 is 2.88 bits per heavy atom. The van der Waals surface area contributed by atoms with Gasteiger partial charge in [0.25, 0.3) is 0 Å². The van der Waals surface area contributed by atoms with Crippen LogP contribution in [0.1, 0.15) is 13.3 Å². The maximum Gasteiger partial charge on any atom is 0.238 e. The van der Waals surface area contributed by atoms with Gasteiger partial charge >= 0.3 is 0 Å². The van der Waals surface area contributed by atoms with E-state index in [0.717, 1.165) is 13.0 Å².